The lowest BCUT2D eigenvalue weighted by Crippen LogP contribution is -2.47. The summed E-state index contributed by atoms with van der Waals surface area (Å²) in [6.07, 6.45) is 1.50. The number of carbonyl (C=O) groups excluding carboxylic acids is 2. The van der Waals surface area contributed by atoms with Gasteiger partial charge in [-0.05, 0) is 36.4 Å². The number of nitrogens with one attached hydrogen (secondary N) is 2. The normalized spacial score (nSPS) is 16.5. The van der Waals surface area contributed by atoms with Crippen molar-refractivity contribution in [2.75, 3.05) is 19.0 Å². The molecular weight excluding hydrogens is 338 g/mol. The topological polar surface area (TPSA) is 70.7 Å². The number of amides is 3. The van der Waals surface area contributed by atoms with Gasteiger partial charge >= 0.3 is 6.03 Å². The van der Waals surface area contributed by atoms with Crippen molar-refractivity contribution >= 4 is 29.0 Å². The minimum Gasteiger partial charge on any atom is -0.497 e. The molecule has 3 amide bonds. The van der Waals surface area contributed by atoms with Crippen LogP contribution < -0.4 is 15.4 Å². The van der Waals surface area contributed by atoms with Gasteiger partial charge < -0.3 is 20.3 Å². The standard InChI is InChI=1S/C18H21N3O3S/c1-24-14-6-2-5-13(11-14)20-18(23)21-9-3-8-16(21)17(22)19-12-15-7-4-10-25-15/h2,4-7,10-11,16H,3,8-9,12H2,1H3,(H,19,22)(H,20,23). The first kappa shape index (κ1) is 17.3. The summed E-state index contributed by atoms with van der Waals surface area (Å²) in [5.74, 6) is 0.566. The van der Waals surface area contributed by atoms with Crippen molar-refractivity contribution < 1.29 is 14.3 Å². The zero-order chi connectivity index (χ0) is 17.6. The predicted molar refractivity (Wildman–Crippen MR) is 97.9 cm³/mol. The lowest BCUT2D eigenvalue weighted by Gasteiger charge is -2.24. The first-order valence-electron chi connectivity index (χ1n) is 8.19. The van der Waals surface area contributed by atoms with Crippen LogP contribution in [0.5, 0.6) is 5.75 Å². The second-order valence-electron chi connectivity index (χ2n) is 5.81. The quantitative estimate of drug-likeness (QED) is 0.862. The highest BCUT2D eigenvalue weighted by Crippen LogP contribution is 2.21. The molecule has 0 saturated carbocycles. The Labute approximate surface area is 150 Å². The van der Waals surface area contributed by atoms with E-state index in [1.165, 1.54) is 0 Å². The van der Waals surface area contributed by atoms with Gasteiger partial charge in [0.25, 0.3) is 0 Å². The van der Waals surface area contributed by atoms with Crippen LogP contribution in [0.2, 0.25) is 0 Å². The van der Waals surface area contributed by atoms with Crippen LogP contribution in [0.3, 0.4) is 0 Å². The van der Waals surface area contributed by atoms with Crippen molar-refractivity contribution in [2.45, 2.75) is 25.4 Å². The Hall–Kier alpha value is -2.54. The maximum absolute atomic E-state index is 12.6. The Morgan fingerprint density at radius 2 is 2.20 bits per heavy atom. The Morgan fingerprint density at radius 1 is 1.32 bits per heavy atom. The third-order valence-electron chi connectivity index (χ3n) is 4.15. The van der Waals surface area contributed by atoms with Crippen molar-refractivity contribution in [1.29, 1.82) is 0 Å². The zero-order valence-electron chi connectivity index (χ0n) is 14.0. The molecule has 1 unspecified atom stereocenters. The van der Waals surface area contributed by atoms with Gasteiger partial charge in [-0.25, -0.2) is 4.79 Å². The highest BCUT2D eigenvalue weighted by Gasteiger charge is 2.34. The molecule has 1 aliphatic heterocycles. The second kappa shape index (κ2) is 8.02. The van der Waals surface area contributed by atoms with Crippen molar-refractivity contribution in [2.24, 2.45) is 0 Å². The predicted octanol–water partition coefficient (Wildman–Crippen LogP) is 3.07. The molecular formula is C18H21N3O3S. The number of benzene rings is 1. The molecule has 1 aromatic heterocycles. The molecule has 0 spiro atoms. The molecule has 132 valence electrons. The lowest BCUT2D eigenvalue weighted by molar-refractivity contribution is -0.124. The number of rotatable bonds is 5. The van der Waals surface area contributed by atoms with Crippen LogP contribution in [0.1, 0.15) is 17.7 Å². The molecule has 0 radical (unpaired) electrons. The SMILES string of the molecule is COc1cccc(NC(=O)N2CCCC2C(=O)NCc2cccs2)c1. The van der Waals surface area contributed by atoms with Gasteiger partial charge in [-0.2, -0.15) is 0 Å². The number of thiophene rings is 1. The van der Waals surface area contributed by atoms with E-state index in [9.17, 15) is 9.59 Å². The van der Waals surface area contributed by atoms with Gasteiger partial charge in [0.15, 0.2) is 0 Å². The van der Waals surface area contributed by atoms with E-state index in [4.69, 9.17) is 4.74 Å². The summed E-state index contributed by atoms with van der Waals surface area (Å²) in [4.78, 5) is 27.7. The highest BCUT2D eigenvalue weighted by molar-refractivity contribution is 7.09. The molecule has 0 bridgehead atoms. The molecule has 7 heteroatoms. The Kier molecular flexibility index (Phi) is 5.55. The van der Waals surface area contributed by atoms with Crippen molar-refractivity contribution in [3.63, 3.8) is 0 Å². The zero-order valence-corrected chi connectivity index (χ0v) is 14.8. The average molecular weight is 359 g/mol. The molecule has 25 heavy (non-hydrogen) atoms. The van der Waals surface area contributed by atoms with E-state index in [1.54, 1.807) is 35.5 Å². The molecule has 0 aliphatic carbocycles. The van der Waals surface area contributed by atoms with E-state index in [0.717, 1.165) is 11.3 Å². The summed E-state index contributed by atoms with van der Waals surface area (Å²) >= 11 is 1.60. The number of likely N-dealkylation sites (tertiary alicyclic amines) is 1. The van der Waals surface area contributed by atoms with Crippen LogP contribution >= 0.6 is 11.3 Å². The fourth-order valence-corrected chi connectivity index (χ4v) is 3.53. The van der Waals surface area contributed by atoms with E-state index in [-0.39, 0.29) is 11.9 Å². The number of ether oxygens (including phenoxy) is 1. The molecule has 1 aromatic carbocycles. The maximum atomic E-state index is 12.6. The van der Waals surface area contributed by atoms with Crippen molar-refractivity contribution in [3.05, 3.63) is 46.7 Å². The number of carbonyl (C=O) groups is 2. The van der Waals surface area contributed by atoms with Crippen LogP contribution in [0.4, 0.5) is 10.5 Å². The van der Waals surface area contributed by atoms with Gasteiger partial charge in [-0.1, -0.05) is 12.1 Å². The first-order valence-corrected chi connectivity index (χ1v) is 9.07. The van der Waals surface area contributed by atoms with E-state index in [2.05, 4.69) is 10.6 Å². The van der Waals surface area contributed by atoms with Crippen LogP contribution in [0.15, 0.2) is 41.8 Å². The molecule has 1 atom stereocenters. The molecule has 2 N–H and O–H groups in total. The fraction of sp³-hybridized carbons (Fsp3) is 0.333. The summed E-state index contributed by atoms with van der Waals surface area (Å²) < 4.78 is 5.16. The Balaban J connectivity index is 1.59. The van der Waals surface area contributed by atoms with Gasteiger partial charge in [-0.15, -0.1) is 11.3 Å². The summed E-state index contributed by atoms with van der Waals surface area (Å²) in [7, 11) is 1.58. The number of methoxy groups -OCH3 is 1. The van der Waals surface area contributed by atoms with Crippen LogP contribution in [-0.2, 0) is 11.3 Å². The van der Waals surface area contributed by atoms with Crippen LogP contribution in [-0.4, -0.2) is 36.5 Å². The van der Waals surface area contributed by atoms with Gasteiger partial charge in [0.05, 0.1) is 13.7 Å². The molecule has 2 heterocycles. The van der Waals surface area contributed by atoms with E-state index in [1.807, 2.05) is 29.6 Å². The molecule has 1 aliphatic rings. The largest absolute Gasteiger partial charge is 0.497 e. The second-order valence-corrected chi connectivity index (χ2v) is 6.84. The van der Waals surface area contributed by atoms with E-state index in [0.29, 0.717) is 30.9 Å². The van der Waals surface area contributed by atoms with Crippen molar-refractivity contribution in [1.82, 2.24) is 10.2 Å². The smallest absolute Gasteiger partial charge is 0.322 e. The van der Waals surface area contributed by atoms with Crippen molar-refractivity contribution in [3.8, 4) is 5.75 Å². The van der Waals surface area contributed by atoms with Crippen LogP contribution in [0.25, 0.3) is 0 Å². The minimum atomic E-state index is -0.425. The molecule has 1 fully saturated rings. The molecule has 2 aromatic rings. The van der Waals surface area contributed by atoms with Gasteiger partial charge in [-0.3, -0.25) is 4.79 Å². The highest BCUT2D eigenvalue weighted by atomic mass is 32.1. The van der Waals surface area contributed by atoms with Gasteiger partial charge in [0, 0.05) is 23.2 Å². The first-order chi connectivity index (χ1) is 12.2. The lowest BCUT2D eigenvalue weighted by atomic mass is 10.2. The van der Waals surface area contributed by atoms with Gasteiger partial charge in [0.1, 0.15) is 11.8 Å². The average Bonchev–Trinajstić information content (AvgIpc) is 3.31. The third-order valence-corrected chi connectivity index (χ3v) is 5.03. The minimum absolute atomic E-state index is 0.105. The summed E-state index contributed by atoms with van der Waals surface area (Å²) in [6, 6.07) is 10.4. The monoisotopic (exact) mass is 359 g/mol. The van der Waals surface area contributed by atoms with Gasteiger partial charge in [0.2, 0.25) is 5.91 Å². The number of hydrogen-bond donors (Lipinski definition) is 2. The third kappa shape index (κ3) is 4.30. The molecule has 1 saturated heterocycles. The van der Waals surface area contributed by atoms with Crippen LogP contribution in [0, 0.1) is 0 Å². The Morgan fingerprint density at radius 3 is 2.96 bits per heavy atom. The molecule has 6 nitrogen and oxygen atoms in total. The molecule has 3 rings (SSSR count). The number of urea groups is 1. The fourth-order valence-electron chi connectivity index (χ4n) is 2.88. The summed E-state index contributed by atoms with van der Waals surface area (Å²) in [5.41, 5.74) is 0.647. The van der Waals surface area contributed by atoms with E-state index < -0.39 is 6.04 Å². The summed E-state index contributed by atoms with van der Waals surface area (Å²) in [5, 5.41) is 7.74. The Bertz CT molecular complexity index is 733. The number of nitrogens with zero attached hydrogens (tertiary/aromatic N) is 1. The number of anilines is 1. The number of hydrogen-bond acceptors (Lipinski definition) is 4. The van der Waals surface area contributed by atoms with E-state index >= 15 is 0 Å². The maximum Gasteiger partial charge on any atom is 0.322 e. The summed E-state index contributed by atoms with van der Waals surface area (Å²) in [6.45, 7) is 1.07.